The summed E-state index contributed by atoms with van der Waals surface area (Å²) in [6.07, 6.45) is 3.71. The largest absolute Gasteiger partial charge is 0.481 e. The Morgan fingerprint density at radius 1 is 1.24 bits per heavy atom. The summed E-state index contributed by atoms with van der Waals surface area (Å²) in [6, 6.07) is -0.469. The first kappa shape index (κ1) is 17.7. The topological polar surface area (TPSA) is 113 Å². The first-order valence-corrected chi connectivity index (χ1v) is 8.80. The zero-order valence-electron chi connectivity index (χ0n) is 12.7. The van der Waals surface area contributed by atoms with Crippen molar-refractivity contribution in [3.8, 4) is 0 Å². The molecule has 1 aliphatic carbocycles. The Kier molecular flexibility index (Phi) is 5.25. The van der Waals surface area contributed by atoms with Crippen LogP contribution in [0.15, 0.2) is 0 Å². The molecule has 0 saturated heterocycles. The van der Waals surface area contributed by atoms with Crippen molar-refractivity contribution in [2.75, 3.05) is 19.3 Å². The number of sulfone groups is 1. The number of amides is 2. The molecule has 0 aromatic heterocycles. The van der Waals surface area contributed by atoms with Gasteiger partial charge in [0.05, 0.1) is 11.2 Å². The standard InChI is InChI=1S/C13H24N2O5S/c1-12(2,21(3,19)20)8-14-11(18)15-9-13(5-4-6-13)7-10(16)17/h4-9H2,1-3H3,(H,16,17)(H2,14,15,18). The van der Waals surface area contributed by atoms with Crippen molar-refractivity contribution in [2.45, 2.75) is 44.3 Å². The third-order valence-electron chi connectivity index (χ3n) is 4.24. The molecule has 0 radical (unpaired) electrons. The van der Waals surface area contributed by atoms with E-state index >= 15 is 0 Å². The van der Waals surface area contributed by atoms with Crippen molar-refractivity contribution < 1.29 is 23.1 Å². The minimum Gasteiger partial charge on any atom is -0.481 e. The third-order valence-corrected chi connectivity index (χ3v) is 6.39. The summed E-state index contributed by atoms with van der Waals surface area (Å²) in [6.45, 7) is 3.38. The van der Waals surface area contributed by atoms with Crippen LogP contribution < -0.4 is 10.6 Å². The molecule has 0 atom stereocenters. The SMILES string of the molecule is CC(C)(CNC(=O)NCC1(CC(=O)O)CCC1)S(C)(=O)=O. The highest BCUT2D eigenvalue weighted by molar-refractivity contribution is 7.92. The number of carboxylic acid groups (broad SMARTS) is 1. The van der Waals surface area contributed by atoms with Gasteiger partial charge in [-0.25, -0.2) is 13.2 Å². The molecule has 0 heterocycles. The van der Waals surface area contributed by atoms with Crippen LogP contribution in [0.3, 0.4) is 0 Å². The van der Waals surface area contributed by atoms with Crippen molar-refractivity contribution in [3.63, 3.8) is 0 Å². The van der Waals surface area contributed by atoms with Gasteiger partial charge in [-0.15, -0.1) is 0 Å². The molecule has 1 fully saturated rings. The minimum atomic E-state index is -3.27. The fourth-order valence-corrected chi connectivity index (χ4v) is 2.50. The Morgan fingerprint density at radius 2 is 1.81 bits per heavy atom. The van der Waals surface area contributed by atoms with Crippen LogP contribution in [0, 0.1) is 5.41 Å². The quantitative estimate of drug-likeness (QED) is 0.641. The molecule has 1 aliphatic rings. The van der Waals surface area contributed by atoms with Crippen LogP contribution in [0.5, 0.6) is 0 Å². The van der Waals surface area contributed by atoms with E-state index in [0.717, 1.165) is 25.5 Å². The molecule has 8 heteroatoms. The van der Waals surface area contributed by atoms with E-state index < -0.39 is 26.6 Å². The highest BCUT2D eigenvalue weighted by atomic mass is 32.2. The van der Waals surface area contributed by atoms with Crippen molar-refractivity contribution in [1.29, 1.82) is 0 Å². The number of hydrogen-bond acceptors (Lipinski definition) is 4. The molecule has 0 unspecified atom stereocenters. The van der Waals surface area contributed by atoms with Gasteiger partial charge in [0.1, 0.15) is 0 Å². The lowest BCUT2D eigenvalue weighted by atomic mass is 9.66. The highest BCUT2D eigenvalue weighted by Gasteiger charge is 2.39. The second kappa shape index (κ2) is 6.21. The zero-order chi connectivity index (χ0) is 16.3. The summed E-state index contributed by atoms with van der Waals surface area (Å²) < 4.78 is 22.0. The summed E-state index contributed by atoms with van der Waals surface area (Å²) in [5.41, 5.74) is -0.352. The Balaban J connectivity index is 2.43. The maximum atomic E-state index is 11.7. The van der Waals surface area contributed by atoms with Crippen LogP contribution in [0.25, 0.3) is 0 Å². The van der Waals surface area contributed by atoms with E-state index in [0.29, 0.717) is 6.54 Å². The van der Waals surface area contributed by atoms with Crippen LogP contribution >= 0.6 is 0 Å². The van der Waals surface area contributed by atoms with Crippen LogP contribution in [-0.2, 0) is 14.6 Å². The molecule has 0 aromatic rings. The molecule has 3 N–H and O–H groups in total. The van der Waals surface area contributed by atoms with E-state index in [2.05, 4.69) is 10.6 Å². The number of urea groups is 1. The van der Waals surface area contributed by atoms with Gasteiger partial charge >= 0.3 is 12.0 Å². The highest BCUT2D eigenvalue weighted by Crippen LogP contribution is 2.43. The van der Waals surface area contributed by atoms with E-state index in [1.54, 1.807) is 13.8 Å². The summed E-state index contributed by atoms with van der Waals surface area (Å²) in [4.78, 5) is 22.5. The normalized spacial score (nSPS) is 17.7. The van der Waals surface area contributed by atoms with Gasteiger partial charge in [0.15, 0.2) is 9.84 Å². The molecular weight excluding hydrogens is 296 g/mol. The van der Waals surface area contributed by atoms with E-state index in [4.69, 9.17) is 5.11 Å². The first-order chi connectivity index (χ1) is 9.47. The number of hydrogen-bond donors (Lipinski definition) is 3. The van der Waals surface area contributed by atoms with E-state index in [1.165, 1.54) is 0 Å². The average molecular weight is 320 g/mol. The molecule has 0 spiro atoms. The molecule has 1 saturated carbocycles. The average Bonchev–Trinajstić information content (AvgIpc) is 2.28. The Labute approximate surface area is 125 Å². The molecule has 0 aliphatic heterocycles. The number of carboxylic acids is 1. The fraction of sp³-hybridized carbons (Fsp3) is 0.846. The second-order valence-corrected chi connectivity index (χ2v) is 9.14. The van der Waals surface area contributed by atoms with Crippen molar-refractivity contribution in [3.05, 3.63) is 0 Å². The lowest BCUT2D eigenvalue weighted by Crippen LogP contribution is -2.50. The number of carbonyl (C=O) groups excluding carboxylic acids is 1. The molecular formula is C13H24N2O5S. The molecule has 21 heavy (non-hydrogen) atoms. The van der Waals surface area contributed by atoms with Crippen LogP contribution in [0.4, 0.5) is 4.79 Å². The van der Waals surface area contributed by atoms with Crippen molar-refractivity contribution in [2.24, 2.45) is 5.41 Å². The maximum Gasteiger partial charge on any atom is 0.314 e. The van der Waals surface area contributed by atoms with Crippen LogP contribution in [0.1, 0.15) is 39.5 Å². The van der Waals surface area contributed by atoms with Gasteiger partial charge in [0, 0.05) is 19.3 Å². The van der Waals surface area contributed by atoms with Crippen molar-refractivity contribution in [1.82, 2.24) is 10.6 Å². The summed E-state index contributed by atoms with van der Waals surface area (Å²) >= 11 is 0. The zero-order valence-corrected chi connectivity index (χ0v) is 13.5. The predicted molar refractivity (Wildman–Crippen MR) is 78.9 cm³/mol. The Hall–Kier alpha value is -1.31. The first-order valence-electron chi connectivity index (χ1n) is 6.91. The molecule has 1 rings (SSSR count). The van der Waals surface area contributed by atoms with Crippen LogP contribution in [0.2, 0.25) is 0 Å². The van der Waals surface area contributed by atoms with Gasteiger partial charge in [0.25, 0.3) is 0 Å². The van der Waals surface area contributed by atoms with E-state index in [-0.39, 0.29) is 18.4 Å². The predicted octanol–water partition coefficient (Wildman–Crippen LogP) is 0.754. The second-order valence-electron chi connectivity index (χ2n) is 6.49. The van der Waals surface area contributed by atoms with Gasteiger partial charge in [-0.1, -0.05) is 6.42 Å². The Bertz CT molecular complexity index is 509. The van der Waals surface area contributed by atoms with Gasteiger partial charge < -0.3 is 15.7 Å². The Morgan fingerprint density at radius 3 is 2.19 bits per heavy atom. The molecule has 0 aromatic carbocycles. The van der Waals surface area contributed by atoms with E-state index in [9.17, 15) is 18.0 Å². The number of carbonyl (C=O) groups is 2. The lowest BCUT2D eigenvalue weighted by Gasteiger charge is -2.40. The van der Waals surface area contributed by atoms with Gasteiger partial charge in [-0.05, 0) is 32.1 Å². The number of aliphatic carboxylic acids is 1. The third kappa shape index (κ3) is 4.87. The minimum absolute atomic E-state index is 0.00357. The van der Waals surface area contributed by atoms with E-state index in [1.807, 2.05) is 0 Å². The van der Waals surface area contributed by atoms with Gasteiger partial charge in [-0.3, -0.25) is 4.79 Å². The van der Waals surface area contributed by atoms with Crippen molar-refractivity contribution >= 4 is 21.8 Å². The summed E-state index contributed by atoms with van der Waals surface area (Å²) in [5.74, 6) is -0.866. The van der Waals surface area contributed by atoms with Gasteiger partial charge in [0.2, 0.25) is 0 Å². The molecule has 2 amide bonds. The number of rotatable bonds is 7. The summed E-state index contributed by atoms with van der Waals surface area (Å²) in [5, 5.41) is 14.1. The van der Waals surface area contributed by atoms with Gasteiger partial charge in [-0.2, -0.15) is 0 Å². The molecule has 0 bridgehead atoms. The fourth-order valence-electron chi connectivity index (χ4n) is 2.17. The van der Waals surface area contributed by atoms with Crippen LogP contribution in [-0.4, -0.2) is 49.6 Å². The lowest BCUT2D eigenvalue weighted by molar-refractivity contribution is -0.141. The monoisotopic (exact) mass is 320 g/mol. The smallest absolute Gasteiger partial charge is 0.314 e. The molecule has 7 nitrogen and oxygen atoms in total. The summed E-state index contributed by atoms with van der Waals surface area (Å²) in [7, 11) is -3.27. The molecule has 122 valence electrons. The maximum absolute atomic E-state index is 11.7. The number of nitrogens with one attached hydrogen (secondary N) is 2.